The van der Waals surface area contributed by atoms with Crippen LogP contribution in [-0.2, 0) is 17.7 Å². The molecule has 3 nitrogen and oxygen atoms in total. The fourth-order valence-electron chi connectivity index (χ4n) is 3.75. The minimum Gasteiger partial charge on any atom is -0.496 e. The number of nitrogens with one attached hydrogen (secondary N) is 1. The molecule has 4 rings (SSSR count). The second kappa shape index (κ2) is 8.38. The lowest BCUT2D eigenvalue weighted by atomic mass is 9.96. The van der Waals surface area contributed by atoms with Gasteiger partial charge in [-0.3, -0.25) is 0 Å². The Bertz CT molecular complexity index is 878. The first-order valence-corrected chi connectivity index (χ1v) is 9.47. The number of rotatable bonds is 6. The molecule has 1 N–H and O–H groups in total. The zero-order valence-corrected chi connectivity index (χ0v) is 15.7. The Morgan fingerprint density at radius 2 is 1.78 bits per heavy atom. The molecule has 0 aliphatic carbocycles. The standard InChI is InChI=1S/C24H25NO2/c1-26-22-12-6-10-20-13-14-27-23(24(20)22)17-25-16-18-7-5-11-21(15-18)19-8-3-2-4-9-19/h2-12,15,23,25H,13-14,16-17H2,1H3. The Hall–Kier alpha value is -2.62. The molecule has 1 heterocycles. The van der Waals surface area contributed by atoms with Crippen molar-refractivity contribution in [2.24, 2.45) is 0 Å². The van der Waals surface area contributed by atoms with Crippen LogP contribution in [0.15, 0.2) is 72.8 Å². The number of methoxy groups -OCH3 is 1. The third kappa shape index (κ3) is 4.05. The van der Waals surface area contributed by atoms with Gasteiger partial charge >= 0.3 is 0 Å². The van der Waals surface area contributed by atoms with Crippen LogP contribution in [0.4, 0.5) is 0 Å². The van der Waals surface area contributed by atoms with Gasteiger partial charge in [-0.15, -0.1) is 0 Å². The summed E-state index contributed by atoms with van der Waals surface area (Å²) in [6, 6.07) is 25.4. The summed E-state index contributed by atoms with van der Waals surface area (Å²) in [5.74, 6) is 0.921. The molecule has 138 valence electrons. The second-order valence-electron chi connectivity index (χ2n) is 6.84. The van der Waals surface area contributed by atoms with Crippen LogP contribution < -0.4 is 10.1 Å². The van der Waals surface area contributed by atoms with E-state index in [0.717, 1.165) is 31.9 Å². The van der Waals surface area contributed by atoms with E-state index in [0.29, 0.717) is 0 Å². The highest BCUT2D eigenvalue weighted by molar-refractivity contribution is 5.63. The first-order valence-electron chi connectivity index (χ1n) is 9.47. The van der Waals surface area contributed by atoms with E-state index in [1.54, 1.807) is 7.11 Å². The van der Waals surface area contributed by atoms with Gasteiger partial charge < -0.3 is 14.8 Å². The normalized spacial score (nSPS) is 16.0. The van der Waals surface area contributed by atoms with E-state index in [-0.39, 0.29) is 6.10 Å². The number of hydrogen-bond acceptors (Lipinski definition) is 3. The van der Waals surface area contributed by atoms with Gasteiger partial charge in [-0.2, -0.15) is 0 Å². The van der Waals surface area contributed by atoms with Crippen molar-refractivity contribution in [1.82, 2.24) is 5.32 Å². The SMILES string of the molecule is COc1cccc2c1C(CNCc1cccc(-c3ccccc3)c1)OCC2. The molecule has 3 heteroatoms. The van der Waals surface area contributed by atoms with Gasteiger partial charge in [0.25, 0.3) is 0 Å². The molecular weight excluding hydrogens is 334 g/mol. The molecule has 27 heavy (non-hydrogen) atoms. The lowest BCUT2D eigenvalue weighted by Gasteiger charge is -2.28. The number of ether oxygens (including phenoxy) is 2. The highest BCUT2D eigenvalue weighted by Gasteiger charge is 2.24. The smallest absolute Gasteiger partial charge is 0.124 e. The Balaban J connectivity index is 1.43. The van der Waals surface area contributed by atoms with Crippen LogP contribution in [0, 0.1) is 0 Å². The molecule has 0 aromatic heterocycles. The highest BCUT2D eigenvalue weighted by atomic mass is 16.5. The summed E-state index contributed by atoms with van der Waals surface area (Å²) in [5.41, 5.74) is 6.28. The summed E-state index contributed by atoms with van der Waals surface area (Å²) >= 11 is 0. The van der Waals surface area contributed by atoms with Crippen LogP contribution >= 0.6 is 0 Å². The highest BCUT2D eigenvalue weighted by Crippen LogP contribution is 2.34. The first-order chi connectivity index (χ1) is 13.3. The largest absolute Gasteiger partial charge is 0.496 e. The fraction of sp³-hybridized carbons (Fsp3) is 0.250. The monoisotopic (exact) mass is 359 g/mol. The topological polar surface area (TPSA) is 30.5 Å². The Kier molecular flexibility index (Phi) is 5.52. The predicted molar refractivity (Wildman–Crippen MR) is 109 cm³/mol. The van der Waals surface area contributed by atoms with Crippen molar-refractivity contribution in [3.8, 4) is 16.9 Å². The van der Waals surface area contributed by atoms with Crippen LogP contribution in [0.3, 0.4) is 0 Å². The van der Waals surface area contributed by atoms with Gasteiger partial charge in [0.05, 0.1) is 19.8 Å². The summed E-state index contributed by atoms with van der Waals surface area (Å²) in [7, 11) is 1.73. The molecule has 0 saturated carbocycles. The van der Waals surface area contributed by atoms with Crippen LogP contribution in [0.5, 0.6) is 5.75 Å². The van der Waals surface area contributed by atoms with Gasteiger partial charge in [-0.1, -0.05) is 60.7 Å². The van der Waals surface area contributed by atoms with Gasteiger partial charge in [0, 0.05) is 18.7 Å². The van der Waals surface area contributed by atoms with E-state index in [1.165, 1.54) is 27.8 Å². The predicted octanol–water partition coefficient (Wildman–Crippen LogP) is 4.77. The Morgan fingerprint density at radius 3 is 2.63 bits per heavy atom. The number of hydrogen-bond donors (Lipinski definition) is 1. The average Bonchev–Trinajstić information content (AvgIpc) is 2.74. The van der Waals surface area contributed by atoms with E-state index >= 15 is 0 Å². The van der Waals surface area contributed by atoms with Gasteiger partial charge in [0.15, 0.2) is 0 Å². The molecule has 1 unspecified atom stereocenters. The van der Waals surface area contributed by atoms with Gasteiger partial charge in [-0.05, 0) is 40.8 Å². The van der Waals surface area contributed by atoms with Crippen LogP contribution in [0.1, 0.15) is 22.8 Å². The van der Waals surface area contributed by atoms with Crippen LogP contribution in [-0.4, -0.2) is 20.3 Å². The zero-order valence-electron chi connectivity index (χ0n) is 15.7. The maximum atomic E-state index is 6.04. The summed E-state index contributed by atoms with van der Waals surface area (Å²) < 4.78 is 11.6. The Labute approximate surface area is 161 Å². The van der Waals surface area contributed by atoms with Crippen LogP contribution in [0.2, 0.25) is 0 Å². The molecule has 1 atom stereocenters. The lowest BCUT2D eigenvalue weighted by Crippen LogP contribution is -2.27. The van der Waals surface area contributed by atoms with Crippen molar-refractivity contribution in [2.75, 3.05) is 20.3 Å². The van der Waals surface area contributed by atoms with Gasteiger partial charge in [0.1, 0.15) is 5.75 Å². The summed E-state index contributed by atoms with van der Waals surface area (Å²) in [5, 5.41) is 3.56. The average molecular weight is 359 g/mol. The number of benzene rings is 3. The fourth-order valence-corrected chi connectivity index (χ4v) is 3.75. The van der Waals surface area contributed by atoms with E-state index in [1.807, 2.05) is 12.1 Å². The molecule has 1 aliphatic rings. The molecule has 3 aromatic rings. The second-order valence-corrected chi connectivity index (χ2v) is 6.84. The van der Waals surface area contributed by atoms with Crippen molar-refractivity contribution in [1.29, 1.82) is 0 Å². The minimum absolute atomic E-state index is 0.0298. The summed E-state index contributed by atoms with van der Waals surface area (Å²) in [4.78, 5) is 0. The van der Waals surface area contributed by atoms with Crippen molar-refractivity contribution >= 4 is 0 Å². The van der Waals surface area contributed by atoms with Gasteiger partial charge in [0.2, 0.25) is 0 Å². The molecule has 0 amide bonds. The lowest BCUT2D eigenvalue weighted by molar-refractivity contribution is 0.0404. The third-order valence-electron chi connectivity index (χ3n) is 5.08. The van der Waals surface area contributed by atoms with E-state index < -0.39 is 0 Å². The molecule has 0 saturated heterocycles. The van der Waals surface area contributed by atoms with Crippen molar-refractivity contribution < 1.29 is 9.47 Å². The molecule has 0 bridgehead atoms. The summed E-state index contributed by atoms with van der Waals surface area (Å²) in [6.45, 7) is 2.34. The van der Waals surface area contributed by atoms with E-state index in [2.05, 4.69) is 66.0 Å². The quantitative estimate of drug-likeness (QED) is 0.688. The molecule has 0 radical (unpaired) electrons. The third-order valence-corrected chi connectivity index (χ3v) is 5.08. The van der Waals surface area contributed by atoms with E-state index in [4.69, 9.17) is 9.47 Å². The Morgan fingerprint density at radius 1 is 0.963 bits per heavy atom. The van der Waals surface area contributed by atoms with Crippen molar-refractivity contribution in [3.63, 3.8) is 0 Å². The maximum absolute atomic E-state index is 6.04. The summed E-state index contributed by atoms with van der Waals surface area (Å²) in [6.07, 6.45) is 0.976. The first kappa shape index (κ1) is 17.8. The zero-order chi connectivity index (χ0) is 18.5. The van der Waals surface area contributed by atoms with Crippen LogP contribution in [0.25, 0.3) is 11.1 Å². The van der Waals surface area contributed by atoms with Gasteiger partial charge in [-0.25, -0.2) is 0 Å². The molecule has 3 aromatic carbocycles. The maximum Gasteiger partial charge on any atom is 0.124 e. The van der Waals surface area contributed by atoms with Crippen molar-refractivity contribution in [2.45, 2.75) is 19.1 Å². The minimum atomic E-state index is 0.0298. The van der Waals surface area contributed by atoms with E-state index in [9.17, 15) is 0 Å². The molecule has 0 fully saturated rings. The molecular formula is C24H25NO2. The number of fused-ring (bicyclic) bond motifs is 1. The molecule has 0 spiro atoms. The van der Waals surface area contributed by atoms with Crippen molar-refractivity contribution in [3.05, 3.63) is 89.5 Å². The molecule has 1 aliphatic heterocycles.